The summed E-state index contributed by atoms with van der Waals surface area (Å²) in [5.41, 5.74) is -0.573. The molecule has 1 aromatic rings. The molecule has 0 spiro atoms. The Bertz CT molecular complexity index is 422. The number of rotatable bonds is 5. The second-order valence-corrected chi connectivity index (χ2v) is 6.13. The second-order valence-electron chi connectivity index (χ2n) is 5.15. The normalized spacial score (nSPS) is 12.8. The van der Waals surface area contributed by atoms with Crippen molar-refractivity contribution in [3.8, 4) is 0 Å². The van der Waals surface area contributed by atoms with Crippen molar-refractivity contribution in [2.45, 2.75) is 45.3 Å². The lowest BCUT2D eigenvalue weighted by molar-refractivity contribution is -0.137. The number of nitrogens with one attached hydrogen (secondary N) is 1. The van der Waals surface area contributed by atoms with Gasteiger partial charge in [-0.1, -0.05) is 6.07 Å². The van der Waals surface area contributed by atoms with Crippen LogP contribution in [-0.4, -0.2) is 22.8 Å². The third-order valence-corrected chi connectivity index (χ3v) is 3.21. The number of carboxylic acid groups (broad SMARTS) is 1. The van der Waals surface area contributed by atoms with E-state index in [2.05, 4.69) is 5.32 Å². The maximum atomic E-state index is 11.7. The summed E-state index contributed by atoms with van der Waals surface area (Å²) in [5.74, 6) is -0.882. The smallest absolute Gasteiger partial charge is 0.408 e. The lowest BCUT2D eigenvalue weighted by Crippen LogP contribution is -2.35. The van der Waals surface area contributed by atoms with Gasteiger partial charge in [0, 0.05) is 11.3 Å². The molecule has 5 nitrogen and oxygen atoms in total. The monoisotopic (exact) mass is 285 g/mol. The van der Waals surface area contributed by atoms with Gasteiger partial charge in [0.15, 0.2) is 0 Å². The average molecular weight is 285 g/mol. The van der Waals surface area contributed by atoms with Crippen LogP contribution < -0.4 is 5.32 Å². The molecule has 2 N–H and O–H groups in total. The molecule has 0 aliphatic rings. The largest absolute Gasteiger partial charge is 0.481 e. The quantitative estimate of drug-likeness (QED) is 0.871. The van der Waals surface area contributed by atoms with Crippen LogP contribution in [0.3, 0.4) is 0 Å². The molecule has 0 fully saturated rings. The zero-order valence-electron chi connectivity index (χ0n) is 11.3. The van der Waals surface area contributed by atoms with Crippen LogP contribution in [-0.2, 0) is 9.53 Å². The van der Waals surface area contributed by atoms with E-state index >= 15 is 0 Å². The number of hydrogen-bond acceptors (Lipinski definition) is 4. The van der Waals surface area contributed by atoms with E-state index in [-0.39, 0.29) is 12.5 Å². The van der Waals surface area contributed by atoms with Crippen molar-refractivity contribution in [3.05, 3.63) is 22.4 Å². The fourth-order valence-corrected chi connectivity index (χ4v) is 2.31. The van der Waals surface area contributed by atoms with Crippen LogP contribution in [0, 0.1) is 0 Å². The van der Waals surface area contributed by atoms with E-state index in [0.717, 1.165) is 4.88 Å². The number of carboxylic acids is 1. The fourth-order valence-electron chi connectivity index (χ4n) is 1.49. The van der Waals surface area contributed by atoms with Crippen molar-refractivity contribution in [2.75, 3.05) is 0 Å². The van der Waals surface area contributed by atoms with Crippen LogP contribution in [0.5, 0.6) is 0 Å². The number of carbonyl (C=O) groups is 2. The number of hydrogen-bond donors (Lipinski definition) is 2. The predicted molar refractivity (Wildman–Crippen MR) is 73.3 cm³/mol. The summed E-state index contributed by atoms with van der Waals surface area (Å²) in [4.78, 5) is 23.3. The highest BCUT2D eigenvalue weighted by Crippen LogP contribution is 2.23. The van der Waals surface area contributed by atoms with Gasteiger partial charge in [0.2, 0.25) is 0 Å². The first-order chi connectivity index (χ1) is 8.78. The standard InChI is InChI=1S/C13H19NO4S/c1-13(2,3)18-12(17)14-9(6-7-11(15)16)10-5-4-8-19-10/h4-5,8-9H,6-7H2,1-3H3,(H,14,17)(H,15,16)/t9-/m0/s1. The Balaban J connectivity index is 2.64. The topological polar surface area (TPSA) is 75.6 Å². The number of amides is 1. The van der Waals surface area contributed by atoms with Gasteiger partial charge in [-0.15, -0.1) is 11.3 Å². The molecule has 106 valence electrons. The molecular formula is C13H19NO4S. The summed E-state index contributed by atoms with van der Waals surface area (Å²) in [6.45, 7) is 5.35. The predicted octanol–water partition coefficient (Wildman–Crippen LogP) is 3.18. The lowest BCUT2D eigenvalue weighted by Gasteiger charge is -2.23. The van der Waals surface area contributed by atoms with Gasteiger partial charge in [0.25, 0.3) is 0 Å². The van der Waals surface area contributed by atoms with Gasteiger partial charge in [-0.05, 0) is 38.6 Å². The SMILES string of the molecule is CC(C)(C)OC(=O)N[C@@H](CCC(=O)O)c1cccs1. The van der Waals surface area contributed by atoms with Crippen molar-refractivity contribution in [1.29, 1.82) is 0 Å². The highest BCUT2D eigenvalue weighted by Gasteiger charge is 2.21. The molecule has 0 aliphatic heterocycles. The van der Waals surface area contributed by atoms with Crippen LogP contribution in [0.25, 0.3) is 0 Å². The molecule has 0 aromatic carbocycles. The third-order valence-electron chi connectivity index (χ3n) is 2.22. The average Bonchev–Trinajstić information content (AvgIpc) is 2.74. The maximum Gasteiger partial charge on any atom is 0.408 e. The molecule has 0 bridgehead atoms. The van der Waals surface area contributed by atoms with E-state index < -0.39 is 17.7 Å². The van der Waals surface area contributed by atoms with E-state index in [9.17, 15) is 9.59 Å². The second kappa shape index (κ2) is 6.56. The fraction of sp³-hybridized carbons (Fsp3) is 0.538. The van der Waals surface area contributed by atoms with Gasteiger partial charge in [-0.3, -0.25) is 4.79 Å². The molecule has 1 heterocycles. The van der Waals surface area contributed by atoms with E-state index in [1.165, 1.54) is 11.3 Å². The summed E-state index contributed by atoms with van der Waals surface area (Å²) in [5, 5.41) is 13.3. The summed E-state index contributed by atoms with van der Waals surface area (Å²) in [6, 6.07) is 3.41. The molecule has 1 atom stereocenters. The summed E-state index contributed by atoms with van der Waals surface area (Å²) >= 11 is 1.48. The van der Waals surface area contributed by atoms with Gasteiger partial charge >= 0.3 is 12.1 Å². The summed E-state index contributed by atoms with van der Waals surface area (Å²) in [7, 11) is 0. The van der Waals surface area contributed by atoms with Gasteiger partial charge in [-0.2, -0.15) is 0 Å². The zero-order chi connectivity index (χ0) is 14.5. The van der Waals surface area contributed by atoms with Crippen LogP contribution in [0.15, 0.2) is 17.5 Å². The van der Waals surface area contributed by atoms with E-state index in [4.69, 9.17) is 9.84 Å². The molecule has 0 radical (unpaired) electrons. The molecule has 6 heteroatoms. The lowest BCUT2D eigenvalue weighted by atomic mass is 10.1. The minimum Gasteiger partial charge on any atom is -0.481 e. The van der Waals surface area contributed by atoms with E-state index in [1.54, 1.807) is 20.8 Å². The third kappa shape index (κ3) is 6.24. The zero-order valence-corrected chi connectivity index (χ0v) is 12.1. The van der Waals surface area contributed by atoms with Crippen LogP contribution in [0.1, 0.15) is 44.5 Å². The van der Waals surface area contributed by atoms with Crippen LogP contribution in [0.2, 0.25) is 0 Å². The summed E-state index contributed by atoms with van der Waals surface area (Å²) < 4.78 is 5.18. The first-order valence-corrected chi connectivity index (χ1v) is 6.90. The minimum atomic E-state index is -0.882. The van der Waals surface area contributed by atoms with Crippen molar-refractivity contribution in [1.82, 2.24) is 5.32 Å². The van der Waals surface area contributed by atoms with Crippen molar-refractivity contribution >= 4 is 23.4 Å². The Morgan fingerprint density at radius 3 is 2.63 bits per heavy atom. The van der Waals surface area contributed by atoms with Gasteiger partial charge < -0.3 is 15.2 Å². The van der Waals surface area contributed by atoms with Crippen LogP contribution >= 0.6 is 11.3 Å². The Morgan fingerprint density at radius 1 is 1.47 bits per heavy atom. The molecular weight excluding hydrogens is 266 g/mol. The molecule has 0 unspecified atom stereocenters. The van der Waals surface area contributed by atoms with E-state index in [0.29, 0.717) is 6.42 Å². The van der Waals surface area contributed by atoms with Crippen molar-refractivity contribution < 1.29 is 19.4 Å². The molecule has 1 amide bonds. The Kier molecular flexibility index (Phi) is 5.35. The van der Waals surface area contributed by atoms with Crippen molar-refractivity contribution in [2.24, 2.45) is 0 Å². The summed E-state index contributed by atoms with van der Waals surface area (Å²) in [6.07, 6.45) is -0.190. The Hall–Kier alpha value is -1.56. The van der Waals surface area contributed by atoms with Crippen molar-refractivity contribution in [3.63, 3.8) is 0 Å². The first-order valence-electron chi connectivity index (χ1n) is 6.02. The molecule has 0 aliphatic carbocycles. The number of aliphatic carboxylic acids is 1. The molecule has 1 aromatic heterocycles. The minimum absolute atomic E-state index is 0.00162. The van der Waals surface area contributed by atoms with Gasteiger partial charge in [0.05, 0.1) is 6.04 Å². The molecule has 19 heavy (non-hydrogen) atoms. The Labute approximate surface area is 116 Å². The molecule has 1 rings (SSSR count). The number of alkyl carbamates (subject to hydrolysis) is 1. The number of thiophene rings is 1. The van der Waals surface area contributed by atoms with Crippen LogP contribution in [0.4, 0.5) is 4.79 Å². The van der Waals surface area contributed by atoms with E-state index in [1.807, 2.05) is 17.5 Å². The number of ether oxygens (including phenoxy) is 1. The highest BCUT2D eigenvalue weighted by molar-refractivity contribution is 7.10. The van der Waals surface area contributed by atoms with Gasteiger partial charge in [0.1, 0.15) is 5.60 Å². The Morgan fingerprint density at radius 2 is 2.16 bits per heavy atom. The highest BCUT2D eigenvalue weighted by atomic mass is 32.1. The number of carbonyl (C=O) groups excluding carboxylic acids is 1. The maximum absolute atomic E-state index is 11.7. The first kappa shape index (κ1) is 15.5. The molecule has 0 saturated heterocycles. The molecule has 0 saturated carbocycles. The van der Waals surface area contributed by atoms with Gasteiger partial charge in [-0.25, -0.2) is 4.79 Å².